The Kier molecular flexibility index (Phi) is 4.58. The highest BCUT2D eigenvalue weighted by Crippen LogP contribution is 2.24. The predicted molar refractivity (Wildman–Crippen MR) is 81.0 cm³/mol. The van der Waals surface area contributed by atoms with Crippen molar-refractivity contribution in [3.05, 3.63) is 59.8 Å². The maximum Gasteiger partial charge on any atom is 0.126 e. The van der Waals surface area contributed by atoms with E-state index in [4.69, 9.17) is 0 Å². The van der Waals surface area contributed by atoms with Crippen LogP contribution < -0.4 is 0 Å². The maximum atomic E-state index is 13.3. The number of hydrogen-bond donors (Lipinski definition) is 0. The molecule has 0 saturated heterocycles. The van der Waals surface area contributed by atoms with E-state index >= 15 is 0 Å². The van der Waals surface area contributed by atoms with E-state index in [9.17, 15) is 8.78 Å². The van der Waals surface area contributed by atoms with Gasteiger partial charge in [-0.15, -0.1) is 0 Å². The van der Waals surface area contributed by atoms with Crippen molar-refractivity contribution in [2.75, 3.05) is 0 Å². The van der Waals surface area contributed by atoms with E-state index in [-0.39, 0.29) is 0 Å². The van der Waals surface area contributed by atoms with Crippen molar-refractivity contribution in [1.82, 2.24) is 9.97 Å². The van der Waals surface area contributed by atoms with E-state index < -0.39 is 11.6 Å². The van der Waals surface area contributed by atoms with Crippen LogP contribution in [0.15, 0.2) is 42.5 Å². The molecule has 108 valence electrons. The van der Waals surface area contributed by atoms with Gasteiger partial charge < -0.3 is 0 Å². The third-order valence-electron chi connectivity index (χ3n) is 2.88. The molecule has 4 heteroatoms. The zero-order valence-electron chi connectivity index (χ0n) is 12.2. The molecule has 3 aromatic rings. The Morgan fingerprint density at radius 1 is 0.810 bits per heavy atom. The van der Waals surface area contributed by atoms with E-state index in [2.05, 4.69) is 9.97 Å². The Morgan fingerprint density at radius 2 is 1.33 bits per heavy atom. The standard InChI is InChI=1S/C15H10F2N2.C2H6/c1-9-15(10-6-11(16)8-12(17)7-10)19-14-5-3-2-4-13(14)18-9;1-2/h2-8H,1H3;1-2H3. The average molecular weight is 286 g/mol. The number of nitrogens with zero attached hydrogens (tertiary/aromatic N) is 2. The van der Waals surface area contributed by atoms with Crippen LogP contribution in [0.5, 0.6) is 0 Å². The largest absolute Gasteiger partial charge is 0.249 e. The number of benzene rings is 2. The Labute approximate surface area is 122 Å². The molecule has 0 spiro atoms. The summed E-state index contributed by atoms with van der Waals surface area (Å²) < 4.78 is 26.5. The monoisotopic (exact) mass is 286 g/mol. The summed E-state index contributed by atoms with van der Waals surface area (Å²) in [6, 6.07) is 10.8. The molecule has 21 heavy (non-hydrogen) atoms. The van der Waals surface area contributed by atoms with Crippen molar-refractivity contribution in [2.45, 2.75) is 20.8 Å². The Bertz CT molecular complexity index is 750. The molecular weight excluding hydrogens is 270 g/mol. The number of halogens is 2. The molecular formula is C17H16F2N2. The van der Waals surface area contributed by atoms with Crippen LogP contribution in [0.4, 0.5) is 8.78 Å². The minimum absolute atomic E-state index is 0.397. The van der Waals surface area contributed by atoms with Gasteiger partial charge >= 0.3 is 0 Å². The van der Waals surface area contributed by atoms with Crippen LogP contribution in [0.25, 0.3) is 22.3 Å². The minimum atomic E-state index is -0.621. The normalized spacial score (nSPS) is 10.1. The highest BCUT2D eigenvalue weighted by molar-refractivity contribution is 5.78. The zero-order chi connectivity index (χ0) is 15.4. The second-order valence-corrected chi connectivity index (χ2v) is 4.30. The van der Waals surface area contributed by atoms with Crippen LogP contribution in [0.1, 0.15) is 19.5 Å². The van der Waals surface area contributed by atoms with Crippen LogP contribution >= 0.6 is 0 Å². The fourth-order valence-electron chi connectivity index (χ4n) is 2.05. The SMILES string of the molecule is CC.Cc1nc2ccccc2nc1-c1cc(F)cc(F)c1. The molecule has 2 nitrogen and oxygen atoms in total. The number of rotatable bonds is 1. The van der Waals surface area contributed by atoms with Crippen molar-refractivity contribution < 1.29 is 8.78 Å². The lowest BCUT2D eigenvalue weighted by atomic mass is 10.1. The van der Waals surface area contributed by atoms with Gasteiger partial charge in [-0.1, -0.05) is 26.0 Å². The first-order valence-electron chi connectivity index (χ1n) is 6.83. The molecule has 3 rings (SSSR count). The second kappa shape index (κ2) is 6.39. The number of para-hydroxylation sites is 2. The summed E-state index contributed by atoms with van der Waals surface area (Å²) in [4.78, 5) is 8.84. The van der Waals surface area contributed by atoms with Crippen LogP contribution in [0.3, 0.4) is 0 Å². The van der Waals surface area contributed by atoms with Gasteiger partial charge in [0.2, 0.25) is 0 Å². The Balaban J connectivity index is 0.000000774. The smallest absolute Gasteiger partial charge is 0.126 e. The lowest BCUT2D eigenvalue weighted by Crippen LogP contribution is -1.95. The molecule has 0 radical (unpaired) electrons. The summed E-state index contributed by atoms with van der Waals surface area (Å²) in [5, 5.41) is 0. The fraction of sp³-hybridized carbons (Fsp3) is 0.176. The van der Waals surface area contributed by atoms with Crippen molar-refractivity contribution in [1.29, 1.82) is 0 Å². The number of aromatic nitrogens is 2. The molecule has 0 unspecified atom stereocenters. The highest BCUT2D eigenvalue weighted by atomic mass is 19.1. The van der Waals surface area contributed by atoms with Crippen LogP contribution in [0, 0.1) is 18.6 Å². The van der Waals surface area contributed by atoms with Crippen molar-refractivity contribution in [3.63, 3.8) is 0 Å². The maximum absolute atomic E-state index is 13.3. The third kappa shape index (κ3) is 3.21. The number of fused-ring (bicyclic) bond motifs is 1. The Morgan fingerprint density at radius 3 is 1.90 bits per heavy atom. The van der Waals surface area contributed by atoms with Gasteiger partial charge in [-0.05, 0) is 31.2 Å². The summed E-state index contributed by atoms with van der Waals surface area (Å²) in [6.07, 6.45) is 0. The number of aryl methyl sites for hydroxylation is 1. The molecule has 2 aromatic carbocycles. The van der Waals surface area contributed by atoms with E-state index in [1.54, 1.807) is 6.92 Å². The van der Waals surface area contributed by atoms with E-state index in [0.717, 1.165) is 11.6 Å². The first-order chi connectivity index (χ1) is 10.1. The van der Waals surface area contributed by atoms with E-state index in [0.29, 0.717) is 22.5 Å². The molecule has 0 bridgehead atoms. The van der Waals surface area contributed by atoms with Crippen molar-refractivity contribution in [2.24, 2.45) is 0 Å². The summed E-state index contributed by atoms with van der Waals surface area (Å²) in [5.74, 6) is -1.24. The molecule has 1 aromatic heterocycles. The van der Waals surface area contributed by atoms with Gasteiger partial charge in [0.05, 0.1) is 22.4 Å². The Hall–Kier alpha value is -2.36. The third-order valence-corrected chi connectivity index (χ3v) is 2.88. The number of hydrogen-bond acceptors (Lipinski definition) is 2. The molecule has 0 aliphatic rings. The first-order valence-corrected chi connectivity index (χ1v) is 6.83. The molecule has 0 aliphatic carbocycles. The van der Waals surface area contributed by atoms with E-state index in [1.807, 2.05) is 38.1 Å². The topological polar surface area (TPSA) is 25.8 Å². The molecule has 0 saturated carbocycles. The van der Waals surface area contributed by atoms with Gasteiger partial charge in [0, 0.05) is 11.6 Å². The van der Waals surface area contributed by atoms with Crippen LogP contribution in [-0.2, 0) is 0 Å². The van der Waals surface area contributed by atoms with Gasteiger partial charge in [-0.3, -0.25) is 0 Å². The van der Waals surface area contributed by atoms with Gasteiger partial charge in [-0.25, -0.2) is 18.7 Å². The first kappa shape index (κ1) is 15.0. The molecule has 1 heterocycles. The summed E-state index contributed by atoms with van der Waals surface area (Å²) in [6.45, 7) is 5.78. The van der Waals surface area contributed by atoms with Gasteiger partial charge in [-0.2, -0.15) is 0 Å². The zero-order valence-corrected chi connectivity index (χ0v) is 12.2. The van der Waals surface area contributed by atoms with Gasteiger partial charge in [0.25, 0.3) is 0 Å². The molecule has 0 N–H and O–H groups in total. The van der Waals surface area contributed by atoms with Crippen molar-refractivity contribution in [3.8, 4) is 11.3 Å². The lowest BCUT2D eigenvalue weighted by molar-refractivity contribution is 0.584. The quantitative estimate of drug-likeness (QED) is 0.635. The minimum Gasteiger partial charge on any atom is -0.249 e. The molecule has 0 aliphatic heterocycles. The van der Waals surface area contributed by atoms with E-state index in [1.165, 1.54) is 12.1 Å². The highest BCUT2D eigenvalue weighted by Gasteiger charge is 2.10. The van der Waals surface area contributed by atoms with Gasteiger partial charge in [0.15, 0.2) is 0 Å². The fourth-order valence-corrected chi connectivity index (χ4v) is 2.05. The average Bonchev–Trinajstić information content (AvgIpc) is 2.47. The second-order valence-electron chi connectivity index (χ2n) is 4.30. The predicted octanol–water partition coefficient (Wildman–Crippen LogP) is 4.91. The lowest BCUT2D eigenvalue weighted by Gasteiger charge is -2.07. The van der Waals surface area contributed by atoms with Gasteiger partial charge in [0.1, 0.15) is 11.6 Å². The van der Waals surface area contributed by atoms with Crippen LogP contribution in [0.2, 0.25) is 0 Å². The van der Waals surface area contributed by atoms with Crippen LogP contribution in [-0.4, -0.2) is 9.97 Å². The van der Waals surface area contributed by atoms with Crippen molar-refractivity contribution >= 4 is 11.0 Å². The summed E-state index contributed by atoms with van der Waals surface area (Å²) >= 11 is 0. The molecule has 0 fully saturated rings. The molecule has 0 atom stereocenters. The molecule has 0 amide bonds. The summed E-state index contributed by atoms with van der Waals surface area (Å²) in [5.41, 5.74) is 3.00. The summed E-state index contributed by atoms with van der Waals surface area (Å²) in [7, 11) is 0.